The van der Waals surface area contributed by atoms with Gasteiger partial charge in [0.2, 0.25) is 0 Å². The highest BCUT2D eigenvalue weighted by Crippen LogP contribution is 2.51. The van der Waals surface area contributed by atoms with Gasteiger partial charge in [0.15, 0.2) is 0 Å². The van der Waals surface area contributed by atoms with E-state index in [1.807, 2.05) is 20.8 Å². The molecule has 2 fully saturated rings. The van der Waals surface area contributed by atoms with Crippen molar-refractivity contribution in [2.75, 3.05) is 13.1 Å². The van der Waals surface area contributed by atoms with Crippen LogP contribution in [0.5, 0.6) is 0 Å². The normalized spacial score (nSPS) is 23.2. The monoisotopic (exact) mass is 222 g/mol. The van der Waals surface area contributed by atoms with Gasteiger partial charge >= 0.3 is 6.09 Å². The summed E-state index contributed by atoms with van der Waals surface area (Å²) < 4.78 is 5.28. The van der Waals surface area contributed by atoms with Gasteiger partial charge in [-0.05, 0) is 33.6 Å². The third-order valence-corrected chi connectivity index (χ3v) is 3.25. The van der Waals surface area contributed by atoms with Crippen LogP contribution in [0.15, 0.2) is 0 Å². The van der Waals surface area contributed by atoms with E-state index < -0.39 is 5.60 Å². The number of carbonyl (C=O) groups is 1. The van der Waals surface area contributed by atoms with E-state index in [4.69, 9.17) is 10.00 Å². The van der Waals surface area contributed by atoms with Gasteiger partial charge in [-0.15, -0.1) is 0 Å². The van der Waals surface area contributed by atoms with E-state index in [1.54, 1.807) is 4.90 Å². The number of ether oxygens (including phenoxy) is 1. The van der Waals surface area contributed by atoms with Crippen LogP contribution < -0.4 is 0 Å². The first kappa shape index (κ1) is 11.3. The average molecular weight is 222 g/mol. The molecule has 1 amide bonds. The zero-order valence-electron chi connectivity index (χ0n) is 10.1. The quantitative estimate of drug-likeness (QED) is 0.631. The Morgan fingerprint density at radius 2 is 2.00 bits per heavy atom. The summed E-state index contributed by atoms with van der Waals surface area (Å²) in [5.74, 6) is 0.209. The fourth-order valence-corrected chi connectivity index (χ4v) is 2.55. The van der Waals surface area contributed by atoms with Crippen LogP contribution in [0.25, 0.3) is 0 Å². The van der Waals surface area contributed by atoms with Crippen molar-refractivity contribution in [3.8, 4) is 6.07 Å². The molecule has 0 N–H and O–H groups in total. The maximum atomic E-state index is 11.7. The SMILES string of the molecule is CC(C)(C)OC(=O)N1CC2(CC(C#N)C2)C1. The van der Waals surface area contributed by atoms with Crippen molar-refractivity contribution < 1.29 is 9.53 Å². The van der Waals surface area contributed by atoms with Crippen LogP contribution in [0.2, 0.25) is 0 Å². The highest BCUT2D eigenvalue weighted by atomic mass is 16.6. The van der Waals surface area contributed by atoms with Crippen LogP contribution in [0.3, 0.4) is 0 Å². The van der Waals surface area contributed by atoms with E-state index in [0.29, 0.717) is 0 Å². The molecular weight excluding hydrogens is 204 g/mol. The van der Waals surface area contributed by atoms with Crippen molar-refractivity contribution in [1.29, 1.82) is 5.26 Å². The van der Waals surface area contributed by atoms with Crippen molar-refractivity contribution in [2.24, 2.45) is 11.3 Å². The number of hydrogen-bond donors (Lipinski definition) is 0. The average Bonchev–Trinajstić information content (AvgIpc) is 1.95. The summed E-state index contributed by atoms with van der Waals surface area (Å²) in [6.07, 6.45) is 1.67. The van der Waals surface area contributed by atoms with E-state index in [0.717, 1.165) is 25.9 Å². The molecule has 4 nitrogen and oxygen atoms in total. The highest BCUT2D eigenvalue weighted by molar-refractivity contribution is 5.69. The Labute approximate surface area is 96.2 Å². The summed E-state index contributed by atoms with van der Waals surface area (Å²) in [7, 11) is 0. The number of rotatable bonds is 0. The van der Waals surface area contributed by atoms with Gasteiger partial charge in [0.1, 0.15) is 5.60 Å². The highest BCUT2D eigenvalue weighted by Gasteiger charge is 2.54. The van der Waals surface area contributed by atoms with Gasteiger partial charge in [0.25, 0.3) is 0 Å². The molecule has 0 atom stereocenters. The minimum Gasteiger partial charge on any atom is -0.444 e. The van der Waals surface area contributed by atoms with Gasteiger partial charge in [0, 0.05) is 24.4 Å². The Bertz CT molecular complexity index is 337. The molecule has 0 aromatic rings. The second-order valence-corrected chi connectivity index (χ2v) is 6.07. The van der Waals surface area contributed by atoms with E-state index in [1.165, 1.54) is 0 Å². The molecule has 1 saturated carbocycles. The molecule has 0 radical (unpaired) electrons. The zero-order chi connectivity index (χ0) is 12.0. The molecule has 1 aliphatic carbocycles. The van der Waals surface area contributed by atoms with Crippen molar-refractivity contribution >= 4 is 6.09 Å². The lowest BCUT2D eigenvalue weighted by Crippen LogP contribution is -2.64. The number of likely N-dealkylation sites (tertiary alicyclic amines) is 1. The Hall–Kier alpha value is -1.24. The summed E-state index contributed by atoms with van der Waals surface area (Å²) >= 11 is 0. The number of nitrogens with zero attached hydrogens (tertiary/aromatic N) is 2. The molecule has 88 valence electrons. The molecule has 16 heavy (non-hydrogen) atoms. The number of hydrogen-bond acceptors (Lipinski definition) is 3. The molecule has 2 rings (SSSR count). The largest absolute Gasteiger partial charge is 0.444 e. The van der Waals surface area contributed by atoms with Gasteiger partial charge in [-0.1, -0.05) is 0 Å². The lowest BCUT2D eigenvalue weighted by molar-refractivity contribution is -0.0836. The molecule has 2 aliphatic rings. The standard InChI is InChI=1S/C12H18N2O2/c1-11(2,3)16-10(15)14-7-12(8-14)4-9(5-12)6-13/h9H,4-5,7-8H2,1-3H3. The fraction of sp³-hybridized carbons (Fsp3) is 0.833. The number of carbonyl (C=O) groups excluding carboxylic acids is 1. The minimum atomic E-state index is -0.422. The molecule has 0 unspecified atom stereocenters. The molecule has 1 spiro atoms. The minimum absolute atomic E-state index is 0.209. The van der Waals surface area contributed by atoms with E-state index in [-0.39, 0.29) is 17.4 Å². The van der Waals surface area contributed by atoms with Crippen LogP contribution in [0, 0.1) is 22.7 Å². The smallest absolute Gasteiger partial charge is 0.410 e. The summed E-state index contributed by atoms with van der Waals surface area (Å²) in [6, 6.07) is 2.27. The predicted octanol–water partition coefficient (Wildman–Crippen LogP) is 2.16. The molecule has 1 saturated heterocycles. The summed E-state index contributed by atoms with van der Waals surface area (Å²) in [5.41, 5.74) is -0.175. The third kappa shape index (κ3) is 1.99. The lowest BCUT2D eigenvalue weighted by atomic mass is 9.58. The molecule has 0 bridgehead atoms. The molecular formula is C12H18N2O2. The Kier molecular flexibility index (Phi) is 2.37. The molecule has 0 aromatic heterocycles. The first-order valence-corrected chi connectivity index (χ1v) is 5.71. The Morgan fingerprint density at radius 1 is 1.44 bits per heavy atom. The second-order valence-electron chi connectivity index (χ2n) is 6.07. The van der Waals surface area contributed by atoms with Crippen LogP contribution in [0.1, 0.15) is 33.6 Å². The van der Waals surface area contributed by atoms with Gasteiger partial charge in [-0.2, -0.15) is 5.26 Å². The Balaban J connectivity index is 1.77. The number of nitriles is 1. The molecule has 1 heterocycles. The number of amides is 1. The van der Waals surface area contributed by atoms with Crippen LogP contribution >= 0.6 is 0 Å². The van der Waals surface area contributed by atoms with Crippen LogP contribution in [-0.2, 0) is 4.74 Å². The maximum Gasteiger partial charge on any atom is 0.410 e. The van der Waals surface area contributed by atoms with E-state index in [2.05, 4.69) is 6.07 Å². The van der Waals surface area contributed by atoms with Gasteiger partial charge in [-0.25, -0.2) is 4.79 Å². The van der Waals surface area contributed by atoms with Gasteiger partial charge in [-0.3, -0.25) is 0 Å². The second kappa shape index (κ2) is 3.38. The molecule has 0 aromatic carbocycles. The fourth-order valence-electron chi connectivity index (χ4n) is 2.55. The van der Waals surface area contributed by atoms with Crippen molar-refractivity contribution in [3.05, 3.63) is 0 Å². The Morgan fingerprint density at radius 3 is 2.44 bits per heavy atom. The first-order chi connectivity index (χ1) is 7.34. The summed E-state index contributed by atoms with van der Waals surface area (Å²) in [6.45, 7) is 7.14. The lowest BCUT2D eigenvalue weighted by Gasteiger charge is -2.57. The van der Waals surface area contributed by atoms with Crippen molar-refractivity contribution in [2.45, 2.75) is 39.2 Å². The van der Waals surface area contributed by atoms with E-state index >= 15 is 0 Å². The zero-order valence-corrected chi connectivity index (χ0v) is 10.1. The first-order valence-electron chi connectivity index (χ1n) is 5.71. The van der Waals surface area contributed by atoms with Crippen molar-refractivity contribution in [1.82, 2.24) is 4.90 Å². The van der Waals surface area contributed by atoms with Crippen LogP contribution in [-0.4, -0.2) is 29.7 Å². The van der Waals surface area contributed by atoms with Crippen molar-refractivity contribution in [3.63, 3.8) is 0 Å². The summed E-state index contributed by atoms with van der Waals surface area (Å²) in [4.78, 5) is 13.4. The van der Waals surface area contributed by atoms with Gasteiger partial charge < -0.3 is 9.64 Å². The van der Waals surface area contributed by atoms with E-state index in [9.17, 15) is 4.79 Å². The predicted molar refractivity (Wildman–Crippen MR) is 58.6 cm³/mol. The topological polar surface area (TPSA) is 53.3 Å². The summed E-state index contributed by atoms with van der Waals surface area (Å²) in [5, 5.41) is 8.71. The molecule has 4 heteroatoms. The maximum absolute atomic E-state index is 11.7. The van der Waals surface area contributed by atoms with Gasteiger partial charge in [0.05, 0.1) is 6.07 Å². The third-order valence-electron chi connectivity index (χ3n) is 3.25. The van der Waals surface area contributed by atoms with Crippen LogP contribution in [0.4, 0.5) is 4.79 Å². The molecule has 1 aliphatic heterocycles.